The average Bonchev–Trinajstić information content (AvgIpc) is 2.37. The second-order valence-corrected chi connectivity index (χ2v) is 4.99. The van der Waals surface area contributed by atoms with Gasteiger partial charge in [-0.15, -0.1) is 0 Å². The smallest absolute Gasteiger partial charge is 0.280 e. The van der Waals surface area contributed by atoms with Crippen molar-refractivity contribution < 1.29 is 18.7 Å². The molecule has 3 nitrogen and oxygen atoms in total. The first kappa shape index (κ1) is 16.3. The summed E-state index contributed by atoms with van der Waals surface area (Å²) in [5.74, 6) is -1.98. The van der Waals surface area contributed by atoms with Gasteiger partial charge in [-0.25, -0.2) is 8.78 Å². The molecule has 110 valence electrons. The van der Waals surface area contributed by atoms with Gasteiger partial charge in [0.1, 0.15) is 5.82 Å². The highest BCUT2D eigenvalue weighted by Crippen LogP contribution is 2.19. The van der Waals surface area contributed by atoms with Crippen LogP contribution < -0.4 is 5.32 Å². The fourth-order valence-corrected chi connectivity index (χ4v) is 1.73. The van der Waals surface area contributed by atoms with E-state index in [-0.39, 0.29) is 12.2 Å². The molecule has 2 atom stereocenters. The van der Waals surface area contributed by atoms with Crippen LogP contribution in [-0.2, 0) is 4.79 Å². The molecule has 0 spiro atoms. The van der Waals surface area contributed by atoms with E-state index in [9.17, 15) is 18.7 Å². The Morgan fingerprint density at radius 1 is 1.30 bits per heavy atom. The van der Waals surface area contributed by atoms with E-state index >= 15 is 0 Å². The lowest BCUT2D eigenvalue weighted by Crippen LogP contribution is -2.34. The van der Waals surface area contributed by atoms with Crippen LogP contribution in [-0.4, -0.2) is 17.1 Å². The number of carbonyl (C=O) groups excluding carboxylic acids is 1. The summed E-state index contributed by atoms with van der Waals surface area (Å²) < 4.78 is 26.1. The van der Waals surface area contributed by atoms with Gasteiger partial charge in [0.2, 0.25) is 0 Å². The number of aliphatic hydroxyl groups excluding tert-OH is 1. The Balaban J connectivity index is 2.58. The van der Waals surface area contributed by atoms with E-state index in [2.05, 4.69) is 5.32 Å². The van der Waals surface area contributed by atoms with E-state index in [1.54, 1.807) is 6.92 Å². The van der Waals surface area contributed by atoms with Gasteiger partial charge in [-0.3, -0.25) is 4.79 Å². The standard InChI is InChI=1S/C15H19F2NO2/c1-9(2)14(17)15(20)18-10(3)8-13(19)11-4-6-12(16)7-5-11/h4-7,10,13,19H,8H2,1-3H3,(H,18,20). The Labute approximate surface area is 117 Å². The van der Waals surface area contributed by atoms with Crippen LogP contribution >= 0.6 is 0 Å². The number of aliphatic hydroxyl groups is 1. The van der Waals surface area contributed by atoms with Gasteiger partial charge in [0.25, 0.3) is 5.91 Å². The Morgan fingerprint density at radius 2 is 1.85 bits per heavy atom. The molecule has 0 aromatic heterocycles. The van der Waals surface area contributed by atoms with E-state index in [1.165, 1.54) is 38.1 Å². The maximum atomic E-state index is 13.3. The van der Waals surface area contributed by atoms with Gasteiger partial charge in [-0.2, -0.15) is 0 Å². The molecule has 0 heterocycles. The van der Waals surface area contributed by atoms with Crippen molar-refractivity contribution in [2.45, 2.75) is 39.3 Å². The summed E-state index contributed by atoms with van der Waals surface area (Å²) in [4.78, 5) is 11.5. The molecule has 2 N–H and O–H groups in total. The second kappa shape index (κ2) is 7.14. The predicted octanol–water partition coefficient (Wildman–Crippen LogP) is 3.02. The number of nitrogens with one attached hydrogen (secondary N) is 1. The molecule has 0 radical (unpaired) electrons. The molecular weight excluding hydrogens is 264 g/mol. The summed E-state index contributed by atoms with van der Waals surface area (Å²) >= 11 is 0. The minimum absolute atomic E-state index is 0.216. The van der Waals surface area contributed by atoms with Gasteiger partial charge in [0.05, 0.1) is 6.10 Å². The summed E-state index contributed by atoms with van der Waals surface area (Å²) in [6.07, 6.45) is -0.631. The maximum absolute atomic E-state index is 13.3. The van der Waals surface area contributed by atoms with Crippen molar-refractivity contribution in [3.05, 3.63) is 47.0 Å². The highest BCUT2D eigenvalue weighted by Gasteiger charge is 2.17. The lowest BCUT2D eigenvalue weighted by Gasteiger charge is -2.18. The summed E-state index contributed by atoms with van der Waals surface area (Å²) in [6.45, 7) is 4.68. The minimum Gasteiger partial charge on any atom is -0.388 e. The topological polar surface area (TPSA) is 49.3 Å². The van der Waals surface area contributed by atoms with Gasteiger partial charge in [0, 0.05) is 6.04 Å². The van der Waals surface area contributed by atoms with Crippen LogP contribution in [0, 0.1) is 5.82 Å². The fourth-order valence-electron chi connectivity index (χ4n) is 1.73. The van der Waals surface area contributed by atoms with Crippen molar-refractivity contribution in [3.8, 4) is 0 Å². The number of halogens is 2. The minimum atomic E-state index is -0.847. The lowest BCUT2D eigenvalue weighted by molar-refractivity contribution is -0.119. The summed E-state index contributed by atoms with van der Waals surface area (Å²) in [7, 11) is 0. The molecule has 1 aromatic carbocycles. The average molecular weight is 283 g/mol. The number of allylic oxidation sites excluding steroid dienone is 1. The molecule has 20 heavy (non-hydrogen) atoms. The molecular formula is C15H19F2NO2. The Hall–Kier alpha value is -1.75. The molecule has 1 aromatic rings. The normalized spacial score (nSPS) is 13.5. The van der Waals surface area contributed by atoms with Crippen LogP contribution in [0.4, 0.5) is 8.78 Å². The van der Waals surface area contributed by atoms with Crippen molar-refractivity contribution in [3.63, 3.8) is 0 Å². The van der Waals surface area contributed by atoms with Gasteiger partial charge < -0.3 is 10.4 Å². The number of rotatable bonds is 5. The molecule has 5 heteroatoms. The molecule has 0 bridgehead atoms. The molecule has 0 aliphatic heterocycles. The highest BCUT2D eigenvalue weighted by atomic mass is 19.1. The van der Waals surface area contributed by atoms with Crippen molar-refractivity contribution in [2.24, 2.45) is 0 Å². The number of benzene rings is 1. The largest absolute Gasteiger partial charge is 0.388 e. The van der Waals surface area contributed by atoms with Crippen molar-refractivity contribution in [1.29, 1.82) is 0 Å². The summed E-state index contributed by atoms with van der Waals surface area (Å²) in [6, 6.07) is 5.05. The van der Waals surface area contributed by atoms with Crippen molar-refractivity contribution in [2.75, 3.05) is 0 Å². The third kappa shape index (κ3) is 4.74. The first-order valence-corrected chi connectivity index (χ1v) is 6.38. The molecule has 0 aliphatic rings. The first-order chi connectivity index (χ1) is 9.31. The number of carbonyl (C=O) groups is 1. The van der Waals surface area contributed by atoms with Crippen molar-refractivity contribution in [1.82, 2.24) is 5.32 Å². The van der Waals surface area contributed by atoms with E-state index in [1.807, 2.05) is 0 Å². The number of amides is 1. The monoisotopic (exact) mass is 283 g/mol. The molecule has 1 amide bonds. The van der Waals surface area contributed by atoms with Crippen LogP contribution in [0.3, 0.4) is 0 Å². The fraction of sp³-hybridized carbons (Fsp3) is 0.400. The molecule has 0 fully saturated rings. The highest BCUT2D eigenvalue weighted by molar-refractivity contribution is 5.91. The van der Waals surface area contributed by atoms with Gasteiger partial charge in [-0.05, 0) is 50.5 Å². The Kier molecular flexibility index (Phi) is 5.82. The summed E-state index contributed by atoms with van der Waals surface area (Å²) in [5, 5.41) is 12.4. The molecule has 2 unspecified atom stereocenters. The predicted molar refractivity (Wildman–Crippen MR) is 73.1 cm³/mol. The zero-order valence-electron chi connectivity index (χ0n) is 11.8. The molecule has 0 aliphatic carbocycles. The van der Waals surface area contributed by atoms with Crippen LogP contribution in [0.15, 0.2) is 35.7 Å². The maximum Gasteiger partial charge on any atom is 0.280 e. The van der Waals surface area contributed by atoms with Crippen molar-refractivity contribution >= 4 is 5.91 Å². The zero-order chi connectivity index (χ0) is 15.3. The third-order valence-corrected chi connectivity index (χ3v) is 2.85. The van der Waals surface area contributed by atoms with Gasteiger partial charge in [0.15, 0.2) is 5.83 Å². The number of hydrogen-bond acceptors (Lipinski definition) is 2. The lowest BCUT2D eigenvalue weighted by atomic mass is 10.0. The Bertz CT molecular complexity index is 493. The quantitative estimate of drug-likeness (QED) is 0.816. The van der Waals surface area contributed by atoms with Gasteiger partial charge in [-0.1, -0.05) is 12.1 Å². The molecule has 1 rings (SSSR count). The van der Waals surface area contributed by atoms with E-state index in [0.29, 0.717) is 11.1 Å². The van der Waals surface area contributed by atoms with Gasteiger partial charge >= 0.3 is 0 Å². The molecule has 0 saturated heterocycles. The van der Waals surface area contributed by atoms with Crippen LogP contribution in [0.1, 0.15) is 38.9 Å². The second-order valence-electron chi connectivity index (χ2n) is 4.99. The van der Waals surface area contributed by atoms with Crippen LogP contribution in [0.2, 0.25) is 0 Å². The van der Waals surface area contributed by atoms with E-state index < -0.39 is 23.9 Å². The van der Waals surface area contributed by atoms with E-state index in [0.717, 1.165) is 0 Å². The molecule has 0 saturated carbocycles. The SMILES string of the molecule is CC(C)=C(F)C(=O)NC(C)CC(O)c1ccc(F)cc1. The van der Waals surface area contributed by atoms with E-state index in [4.69, 9.17) is 0 Å². The first-order valence-electron chi connectivity index (χ1n) is 6.38. The third-order valence-electron chi connectivity index (χ3n) is 2.85. The van der Waals surface area contributed by atoms with Crippen LogP contribution in [0.25, 0.3) is 0 Å². The Morgan fingerprint density at radius 3 is 2.35 bits per heavy atom. The number of hydrogen-bond donors (Lipinski definition) is 2. The zero-order valence-corrected chi connectivity index (χ0v) is 11.8. The summed E-state index contributed by atoms with van der Waals surface area (Å²) in [5.41, 5.74) is 0.851. The van der Waals surface area contributed by atoms with Crippen LogP contribution in [0.5, 0.6) is 0 Å².